The Morgan fingerprint density at radius 3 is 2.95 bits per heavy atom. The average molecular weight is 324 g/mol. The molecule has 0 aromatic carbocycles. The second-order valence-corrected chi connectivity index (χ2v) is 6.53. The Bertz CT molecular complexity index is 648. The molecule has 2 aliphatic rings. The SMILES string of the molecule is COC(=O)c1oc(CN2C(=O)N[C@]3(CCSC3)C2=O)cc1C. The number of urea groups is 1. The van der Waals surface area contributed by atoms with Crippen LogP contribution in [0.2, 0.25) is 0 Å². The number of hydrogen-bond acceptors (Lipinski definition) is 6. The summed E-state index contributed by atoms with van der Waals surface area (Å²) in [4.78, 5) is 37.3. The number of aryl methyl sites for hydroxylation is 1. The quantitative estimate of drug-likeness (QED) is 0.666. The normalized spacial score (nSPS) is 24.2. The maximum atomic E-state index is 12.5. The van der Waals surface area contributed by atoms with Crippen LogP contribution >= 0.6 is 11.8 Å². The lowest BCUT2D eigenvalue weighted by molar-refractivity contribution is -0.131. The van der Waals surface area contributed by atoms with Crippen LogP contribution in [0.5, 0.6) is 0 Å². The number of rotatable bonds is 3. The predicted molar refractivity (Wildman–Crippen MR) is 78.5 cm³/mol. The van der Waals surface area contributed by atoms with Crippen LogP contribution in [0.1, 0.15) is 28.3 Å². The van der Waals surface area contributed by atoms with Gasteiger partial charge in [0.2, 0.25) is 5.76 Å². The van der Waals surface area contributed by atoms with E-state index >= 15 is 0 Å². The topological polar surface area (TPSA) is 88.8 Å². The Morgan fingerprint density at radius 1 is 1.55 bits per heavy atom. The molecular weight excluding hydrogens is 308 g/mol. The van der Waals surface area contributed by atoms with Gasteiger partial charge in [-0.2, -0.15) is 11.8 Å². The van der Waals surface area contributed by atoms with Crippen molar-refractivity contribution in [1.29, 1.82) is 0 Å². The maximum absolute atomic E-state index is 12.5. The van der Waals surface area contributed by atoms with Crippen molar-refractivity contribution in [3.05, 3.63) is 23.2 Å². The summed E-state index contributed by atoms with van der Waals surface area (Å²) in [6.07, 6.45) is 0.642. The fourth-order valence-electron chi connectivity index (χ4n) is 2.73. The molecule has 1 aromatic heterocycles. The van der Waals surface area contributed by atoms with Crippen LogP contribution in [0.3, 0.4) is 0 Å². The highest BCUT2D eigenvalue weighted by molar-refractivity contribution is 7.99. The molecule has 118 valence electrons. The van der Waals surface area contributed by atoms with Crippen LogP contribution in [-0.2, 0) is 16.1 Å². The first-order valence-electron chi connectivity index (χ1n) is 6.86. The molecule has 0 radical (unpaired) electrons. The minimum absolute atomic E-state index is 0.00885. The summed E-state index contributed by atoms with van der Waals surface area (Å²) in [7, 11) is 1.27. The molecule has 0 bridgehead atoms. The number of thioether (sulfide) groups is 1. The molecule has 2 aliphatic heterocycles. The van der Waals surface area contributed by atoms with E-state index in [1.807, 2.05) is 0 Å². The van der Waals surface area contributed by atoms with E-state index in [1.165, 1.54) is 7.11 Å². The number of ether oxygens (including phenoxy) is 1. The molecule has 3 amide bonds. The van der Waals surface area contributed by atoms with E-state index < -0.39 is 17.5 Å². The maximum Gasteiger partial charge on any atom is 0.374 e. The number of nitrogens with zero attached hydrogens (tertiary/aromatic N) is 1. The Morgan fingerprint density at radius 2 is 2.32 bits per heavy atom. The zero-order valence-electron chi connectivity index (χ0n) is 12.3. The minimum Gasteiger partial charge on any atom is -0.463 e. The van der Waals surface area contributed by atoms with E-state index in [9.17, 15) is 14.4 Å². The molecule has 7 nitrogen and oxygen atoms in total. The van der Waals surface area contributed by atoms with Crippen molar-refractivity contribution in [3.63, 3.8) is 0 Å². The van der Waals surface area contributed by atoms with Crippen LogP contribution in [0.15, 0.2) is 10.5 Å². The molecule has 1 spiro atoms. The third-order valence-electron chi connectivity index (χ3n) is 3.92. The van der Waals surface area contributed by atoms with Crippen molar-refractivity contribution in [2.45, 2.75) is 25.4 Å². The van der Waals surface area contributed by atoms with Gasteiger partial charge in [0.1, 0.15) is 11.3 Å². The summed E-state index contributed by atoms with van der Waals surface area (Å²) in [6.45, 7) is 1.72. The third-order valence-corrected chi connectivity index (χ3v) is 5.11. The first-order valence-corrected chi connectivity index (χ1v) is 8.02. The number of esters is 1. The number of carbonyl (C=O) groups excluding carboxylic acids is 3. The molecule has 0 aliphatic carbocycles. The highest BCUT2D eigenvalue weighted by Gasteiger charge is 2.53. The first-order chi connectivity index (χ1) is 10.5. The van der Waals surface area contributed by atoms with Crippen LogP contribution < -0.4 is 5.32 Å². The highest BCUT2D eigenvalue weighted by Crippen LogP contribution is 2.34. The largest absolute Gasteiger partial charge is 0.463 e. The van der Waals surface area contributed by atoms with Crippen molar-refractivity contribution in [1.82, 2.24) is 10.2 Å². The van der Waals surface area contributed by atoms with Gasteiger partial charge in [0.15, 0.2) is 0 Å². The molecule has 2 saturated heterocycles. The molecule has 8 heteroatoms. The molecule has 3 rings (SSSR count). The van der Waals surface area contributed by atoms with Crippen LogP contribution in [0, 0.1) is 6.92 Å². The highest BCUT2D eigenvalue weighted by atomic mass is 32.2. The van der Waals surface area contributed by atoms with Gasteiger partial charge in [0, 0.05) is 11.3 Å². The lowest BCUT2D eigenvalue weighted by Crippen LogP contribution is -2.46. The lowest BCUT2D eigenvalue weighted by Gasteiger charge is -2.18. The number of imide groups is 1. The lowest BCUT2D eigenvalue weighted by atomic mass is 9.99. The molecular formula is C14H16N2O5S. The molecule has 1 atom stereocenters. The van der Waals surface area contributed by atoms with Crippen molar-refractivity contribution in [3.8, 4) is 0 Å². The van der Waals surface area contributed by atoms with Gasteiger partial charge in [-0.3, -0.25) is 9.69 Å². The van der Waals surface area contributed by atoms with Crippen molar-refractivity contribution < 1.29 is 23.5 Å². The van der Waals surface area contributed by atoms with Crippen molar-refractivity contribution >= 4 is 29.7 Å². The number of nitrogens with one attached hydrogen (secondary N) is 1. The van der Waals surface area contributed by atoms with Gasteiger partial charge in [0.25, 0.3) is 5.91 Å². The second-order valence-electron chi connectivity index (χ2n) is 5.42. The zero-order valence-corrected chi connectivity index (χ0v) is 13.1. The van der Waals surface area contributed by atoms with Crippen LogP contribution in [-0.4, -0.2) is 47.0 Å². The first kappa shape index (κ1) is 15.0. The predicted octanol–water partition coefficient (Wildman–Crippen LogP) is 1.30. The minimum atomic E-state index is -0.769. The molecule has 0 saturated carbocycles. The third kappa shape index (κ3) is 2.27. The van der Waals surface area contributed by atoms with Gasteiger partial charge in [0.05, 0.1) is 13.7 Å². The van der Waals surface area contributed by atoms with Gasteiger partial charge < -0.3 is 14.5 Å². The van der Waals surface area contributed by atoms with Gasteiger partial charge in [-0.1, -0.05) is 0 Å². The van der Waals surface area contributed by atoms with Gasteiger partial charge in [-0.25, -0.2) is 9.59 Å². The molecule has 0 unspecified atom stereocenters. The molecule has 1 N–H and O–H groups in total. The fourth-order valence-corrected chi connectivity index (χ4v) is 4.05. The van der Waals surface area contributed by atoms with Crippen molar-refractivity contribution in [2.24, 2.45) is 0 Å². The van der Waals surface area contributed by atoms with E-state index in [1.54, 1.807) is 24.8 Å². The summed E-state index contributed by atoms with van der Waals surface area (Å²) >= 11 is 1.65. The summed E-state index contributed by atoms with van der Waals surface area (Å²) in [5, 5.41) is 2.79. The Kier molecular flexibility index (Phi) is 3.64. The Hall–Kier alpha value is -1.96. The average Bonchev–Trinajstić information content (AvgIpc) is 3.15. The Labute approximate surface area is 131 Å². The van der Waals surface area contributed by atoms with E-state index in [-0.39, 0.29) is 18.2 Å². The van der Waals surface area contributed by atoms with E-state index in [4.69, 9.17) is 4.42 Å². The summed E-state index contributed by atoms with van der Waals surface area (Å²) < 4.78 is 10.0. The summed E-state index contributed by atoms with van der Waals surface area (Å²) in [5.41, 5.74) is -0.158. The van der Waals surface area contributed by atoms with Crippen LogP contribution in [0.25, 0.3) is 0 Å². The molecule has 2 fully saturated rings. The van der Waals surface area contributed by atoms with Gasteiger partial charge in [-0.05, 0) is 25.2 Å². The summed E-state index contributed by atoms with van der Waals surface area (Å²) in [5.74, 6) is 1.12. The monoisotopic (exact) mass is 324 g/mol. The number of furan rings is 1. The van der Waals surface area contributed by atoms with E-state index in [0.29, 0.717) is 23.5 Å². The molecule has 3 heterocycles. The Balaban J connectivity index is 1.80. The smallest absolute Gasteiger partial charge is 0.374 e. The van der Waals surface area contributed by atoms with E-state index in [2.05, 4.69) is 10.1 Å². The number of amides is 3. The number of hydrogen-bond donors (Lipinski definition) is 1. The fraction of sp³-hybridized carbons (Fsp3) is 0.500. The van der Waals surface area contributed by atoms with E-state index in [0.717, 1.165) is 10.7 Å². The zero-order chi connectivity index (χ0) is 15.9. The van der Waals surface area contributed by atoms with Gasteiger partial charge in [-0.15, -0.1) is 0 Å². The van der Waals surface area contributed by atoms with Gasteiger partial charge >= 0.3 is 12.0 Å². The van der Waals surface area contributed by atoms with Crippen molar-refractivity contribution in [2.75, 3.05) is 18.6 Å². The molecule has 22 heavy (non-hydrogen) atoms. The standard InChI is InChI=1S/C14H16N2O5S/c1-8-5-9(21-10(8)11(17)20-2)6-16-12(18)14(15-13(16)19)3-4-22-7-14/h5H,3-4,6-7H2,1-2H3,(H,15,19)/t14-/m0/s1. The number of methoxy groups -OCH3 is 1. The van der Waals surface area contributed by atoms with Crippen LogP contribution in [0.4, 0.5) is 4.79 Å². The molecule has 1 aromatic rings. The summed E-state index contributed by atoms with van der Waals surface area (Å²) in [6, 6.07) is 1.22. The number of carbonyl (C=O) groups is 3. The second kappa shape index (κ2) is 5.35.